The topological polar surface area (TPSA) is 92.9 Å². The summed E-state index contributed by atoms with van der Waals surface area (Å²) in [6.07, 6.45) is 6.08. The van der Waals surface area contributed by atoms with E-state index in [0.29, 0.717) is 0 Å². The highest BCUT2D eigenvalue weighted by Crippen LogP contribution is 2.44. The third kappa shape index (κ3) is 5.91. The predicted octanol–water partition coefficient (Wildman–Crippen LogP) is 15.4. The molecule has 0 amide bonds. The van der Waals surface area contributed by atoms with Crippen LogP contribution < -0.4 is 16.4 Å². The molecule has 0 atom stereocenters. The van der Waals surface area contributed by atoms with Crippen molar-refractivity contribution in [1.82, 2.24) is 28.7 Å². The SMILES string of the molecule is c1ccc2c(c1)oc1ccc3c4ccccc4n(-c4ccc(B(c5ccc(-n6c7ccccc7c7ccc8oc9ccccc9c8c76)nc5)c5ccc(-n6c7ccccc7c7ccc8oc9ccccc9c8c76)nc5)cn4)c3c12. The molecule has 366 valence electrons. The molecule has 10 heteroatoms. The highest BCUT2D eigenvalue weighted by Gasteiger charge is 2.27. The standard InChI is InChI=1S/C69H39BN6O3/c1-7-19-52-43(13-1)46-28-31-58-64(49-16-4-10-22-55(49)77-58)67(46)74(52)61-34-25-40(37-71-61)70(41-26-35-62(72-38-41)75-53-20-8-2-14-44(53)47-29-32-59-65(68(47)75)50-17-5-11-23-56(50)78-59)42-27-36-63(73-39-42)76-54-21-9-3-15-45(54)48-30-33-60-66(69(48)76)51-18-6-12-24-57(51)79-60/h1-39H. The molecule has 0 saturated carbocycles. The summed E-state index contributed by atoms with van der Waals surface area (Å²) in [4.78, 5) is 16.1. The number of aromatic nitrogens is 6. The zero-order valence-corrected chi connectivity index (χ0v) is 42.0. The van der Waals surface area contributed by atoms with E-state index < -0.39 is 0 Å². The monoisotopic (exact) mass is 1010 g/mol. The van der Waals surface area contributed by atoms with E-state index in [1.54, 1.807) is 0 Å². The van der Waals surface area contributed by atoms with Gasteiger partial charge in [-0.15, -0.1) is 0 Å². The first kappa shape index (κ1) is 42.5. The van der Waals surface area contributed by atoms with Crippen LogP contribution in [-0.2, 0) is 0 Å². The Hall–Kier alpha value is -10.7. The van der Waals surface area contributed by atoms with E-state index in [-0.39, 0.29) is 6.71 Å². The molecule has 79 heavy (non-hydrogen) atoms. The zero-order valence-electron chi connectivity index (χ0n) is 42.0. The predicted molar refractivity (Wildman–Crippen MR) is 322 cm³/mol. The van der Waals surface area contributed by atoms with Crippen LogP contribution in [0.2, 0.25) is 0 Å². The summed E-state index contributed by atoms with van der Waals surface area (Å²) in [6.45, 7) is -0.294. The van der Waals surface area contributed by atoms with E-state index in [1.165, 1.54) is 0 Å². The fraction of sp³-hybridized carbons (Fsp3) is 0. The van der Waals surface area contributed by atoms with Crippen LogP contribution in [0.5, 0.6) is 0 Å². The number of hydrogen-bond acceptors (Lipinski definition) is 6. The van der Waals surface area contributed by atoms with Gasteiger partial charge in [-0.1, -0.05) is 144 Å². The zero-order chi connectivity index (χ0) is 51.4. The lowest BCUT2D eigenvalue weighted by molar-refractivity contribution is 0.669. The molecule has 0 radical (unpaired) electrons. The highest BCUT2D eigenvalue weighted by molar-refractivity contribution is 6.95. The second-order valence-electron chi connectivity index (χ2n) is 20.6. The molecule has 0 aliphatic heterocycles. The maximum Gasteiger partial charge on any atom is 0.247 e. The molecule has 0 spiro atoms. The maximum atomic E-state index is 6.45. The molecule has 9 heterocycles. The molecular formula is C69H39BN6O3. The van der Waals surface area contributed by atoms with Crippen molar-refractivity contribution in [2.24, 2.45) is 0 Å². The number of pyridine rings is 3. The smallest absolute Gasteiger partial charge is 0.247 e. The Kier molecular flexibility index (Phi) is 8.57. The van der Waals surface area contributed by atoms with E-state index in [2.05, 4.69) is 196 Å². The minimum absolute atomic E-state index is 0.294. The van der Waals surface area contributed by atoms with E-state index in [0.717, 1.165) is 165 Å². The molecule has 18 aromatic rings. The van der Waals surface area contributed by atoms with Crippen molar-refractivity contribution in [3.8, 4) is 17.5 Å². The lowest BCUT2D eigenvalue weighted by Gasteiger charge is -2.17. The molecule has 9 aromatic heterocycles. The largest absolute Gasteiger partial charge is 0.456 e. The summed E-state index contributed by atoms with van der Waals surface area (Å²) in [7, 11) is 0. The van der Waals surface area contributed by atoms with E-state index in [9.17, 15) is 0 Å². The normalized spacial score (nSPS) is 12.3. The van der Waals surface area contributed by atoms with Crippen LogP contribution in [-0.4, -0.2) is 35.4 Å². The summed E-state index contributed by atoms with van der Waals surface area (Å²) < 4.78 is 26.2. The number of benzene rings is 9. The minimum atomic E-state index is -0.294. The van der Waals surface area contributed by atoms with E-state index >= 15 is 0 Å². The number of nitrogens with zero attached hydrogens (tertiary/aromatic N) is 6. The molecular weight excluding hydrogens is 972 g/mol. The fourth-order valence-electron chi connectivity index (χ4n) is 13.2. The Labute approximate surface area is 448 Å². The summed E-state index contributed by atoms with van der Waals surface area (Å²) in [6, 6.07) is 76.4. The van der Waals surface area contributed by atoms with Crippen molar-refractivity contribution < 1.29 is 13.3 Å². The molecule has 9 aromatic carbocycles. The molecule has 0 fully saturated rings. The minimum Gasteiger partial charge on any atom is -0.456 e. The Morgan fingerprint density at radius 2 is 0.544 bits per heavy atom. The van der Waals surface area contributed by atoms with Crippen LogP contribution in [0.15, 0.2) is 250 Å². The Morgan fingerprint density at radius 3 is 0.848 bits per heavy atom. The maximum absolute atomic E-state index is 6.45. The Morgan fingerprint density at radius 1 is 0.253 bits per heavy atom. The molecule has 18 rings (SSSR count). The van der Waals surface area contributed by atoms with Gasteiger partial charge in [-0.2, -0.15) is 0 Å². The molecule has 0 aliphatic rings. The molecule has 0 unspecified atom stereocenters. The van der Waals surface area contributed by atoms with Crippen LogP contribution in [0.3, 0.4) is 0 Å². The lowest BCUT2D eigenvalue weighted by atomic mass is 9.37. The number of fused-ring (bicyclic) bond motifs is 21. The number of rotatable bonds is 6. The van der Waals surface area contributed by atoms with Crippen molar-refractivity contribution in [2.75, 3.05) is 0 Å². The van der Waals surface area contributed by atoms with Gasteiger partial charge in [0, 0.05) is 67.1 Å². The summed E-state index contributed by atoms with van der Waals surface area (Å²) in [5.41, 5.74) is 14.5. The highest BCUT2D eigenvalue weighted by atomic mass is 16.3. The third-order valence-electron chi connectivity index (χ3n) is 16.5. The van der Waals surface area contributed by atoms with Crippen LogP contribution in [0, 0.1) is 0 Å². The first-order valence-electron chi connectivity index (χ1n) is 26.6. The lowest BCUT2D eigenvalue weighted by Crippen LogP contribution is -2.52. The van der Waals surface area contributed by atoms with Crippen molar-refractivity contribution in [1.29, 1.82) is 0 Å². The van der Waals surface area contributed by atoms with Crippen molar-refractivity contribution in [3.05, 3.63) is 237 Å². The third-order valence-corrected chi connectivity index (χ3v) is 16.5. The van der Waals surface area contributed by atoms with Crippen molar-refractivity contribution in [2.45, 2.75) is 0 Å². The van der Waals surface area contributed by atoms with Crippen LogP contribution in [0.4, 0.5) is 0 Å². The van der Waals surface area contributed by atoms with Gasteiger partial charge in [-0.25, -0.2) is 15.0 Å². The molecule has 0 saturated heterocycles. The van der Waals surface area contributed by atoms with Crippen molar-refractivity contribution in [3.63, 3.8) is 0 Å². The number of hydrogen-bond donors (Lipinski definition) is 0. The number of furan rings is 3. The van der Waals surface area contributed by atoms with Gasteiger partial charge in [0.15, 0.2) is 0 Å². The van der Waals surface area contributed by atoms with E-state index in [4.69, 9.17) is 28.2 Å². The van der Waals surface area contributed by atoms with Gasteiger partial charge in [-0.05, 0) is 91.0 Å². The van der Waals surface area contributed by atoms with Gasteiger partial charge >= 0.3 is 0 Å². The summed E-state index contributed by atoms with van der Waals surface area (Å²) >= 11 is 0. The Balaban J connectivity index is 0.830. The van der Waals surface area contributed by atoms with E-state index in [1.807, 2.05) is 55.0 Å². The number of para-hydroxylation sites is 6. The molecule has 9 nitrogen and oxygen atoms in total. The van der Waals surface area contributed by atoms with Gasteiger partial charge in [-0.3, -0.25) is 13.7 Å². The quantitative estimate of drug-likeness (QED) is 0.154. The molecule has 0 bridgehead atoms. The van der Waals surface area contributed by atoms with Gasteiger partial charge < -0.3 is 13.3 Å². The second-order valence-corrected chi connectivity index (χ2v) is 20.6. The Bertz CT molecular complexity index is 5020. The van der Waals surface area contributed by atoms with Gasteiger partial charge in [0.1, 0.15) is 51.0 Å². The average molecular weight is 1010 g/mol. The van der Waals surface area contributed by atoms with Crippen LogP contribution in [0.25, 0.3) is 149 Å². The van der Waals surface area contributed by atoms with Crippen molar-refractivity contribution >= 4 is 154 Å². The van der Waals surface area contributed by atoms with Gasteiger partial charge in [0.05, 0.1) is 49.3 Å². The molecule has 0 N–H and O–H groups in total. The summed E-state index contributed by atoms with van der Waals surface area (Å²) in [5, 5.41) is 13.3. The molecule has 0 aliphatic carbocycles. The summed E-state index contributed by atoms with van der Waals surface area (Å²) in [5.74, 6) is 2.42. The van der Waals surface area contributed by atoms with Crippen LogP contribution in [0.1, 0.15) is 0 Å². The van der Waals surface area contributed by atoms with Crippen LogP contribution >= 0.6 is 0 Å². The fourth-order valence-corrected chi connectivity index (χ4v) is 13.2. The van der Waals surface area contributed by atoms with Gasteiger partial charge in [0.2, 0.25) is 6.71 Å². The first-order valence-corrected chi connectivity index (χ1v) is 26.6. The first-order chi connectivity index (χ1) is 39.2. The second kappa shape index (κ2) is 15.9. The van der Waals surface area contributed by atoms with Gasteiger partial charge in [0.25, 0.3) is 0 Å². The average Bonchev–Trinajstić information content (AvgIpc) is 4.53.